The van der Waals surface area contributed by atoms with Crippen LogP contribution < -0.4 is 15.8 Å². The minimum absolute atomic E-state index is 0.0831. The van der Waals surface area contributed by atoms with Crippen molar-refractivity contribution in [3.8, 4) is 5.75 Å². The zero-order chi connectivity index (χ0) is 15.2. The molecule has 2 aromatic rings. The summed E-state index contributed by atoms with van der Waals surface area (Å²) >= 11 is 3.38. The summed E-state index contributed by atoms with van der Waals surface area (Å²) in [7, 11) is 1.59. The number of nitrogens with two attached hydrogens (primary N) is 1. The van der Waals surface area contributed by atoms with E-state index < -0.39 is 0 Å². The van der Waals surface area contributed by atoms with Gasteiger partial charge in [0.2, 0.25) is 5.91 Å². The Morgan fingerprint density at radius 1 is 1.24 bits per heavy atom. The van der Waals surface area contributed by atoms with Crippen molar-refractivity contribution in [3.05, 3.63) is 58.1 Å². The highest BCUT2D eigenvalue weighted by Gasteiger charge is 2.09. The molecule has 2 aromatic carbocycles. The Balaban J connectivity index is 2.08. The Bertz CT molecular complexity index is 644. The fourth-order valence-corrected chi connectivity index (χ4v) is 2.45. The highest BCUT2D eigenvalue weighted by Crippen LogP contribution is 2.27. The van der Waals surface area contributed by atoms with Gasteiger partial charge in [-0.1, -0.05) is 24.3 Å². The summed E-state index contributed by atoms with van der Waals surface area (Å²) in [6.45, 7) is 0.426. The lowest BCUT2D eigenvalue weighted by Gasteiger charge is -2.10. The third kappa shape index (κ3) is 4.06. The monoisotopic (exact) mass is 348 g/mol. The van der Waals surface area contributed by atoms with Crippen LogP contribution in [0.5, 0.6) is 5.75 Å². The van der Waals surface area contributed by atoms with Gasteiger partial charge in [0, 0.05) is 18.3 Å². The number of hydrogen-bond acceptors (Lipinski definition) is 3. The molecule has 0 bridgehead atoms. The molecule has 0 fully saturated rings. The topological polar surface area (TPSA) is 64.3 Å². The number of nitrogens with one attached hydrogen (secondary N) is 1. The van der Waals surface area contributed by atoms with Crippen molar-refractivity contribution < 1.29 is 9.53 Å². The first-order chi connectivity index (χ1) is 10.1. The second-order valence-corrected chi connectivity index (χ2v) is 5.40. The van der Waals surface area contributed by atoms with Crippen molar-refractivity contribution >= 4 is 27.5 Å². The normalized spacial score (nSPS) is 10.2. The van der Waals surface area contributed by atoms with Gasteiger partial charge < -0.3 is 15.8 Å². The van der Waals surface area contributed by atoms with Crippen LogP contribution in [0.15, 0.2) is 46.9 Å². The molecule has 110 valence electrons. The van der Waals surface area contributed by atoms with Crippen molar-refractivity contribution in [3.63, 3.8) is 0 Å². The molecule has 1 amide bonds. The molecule has 4 nitrogen and oxygen atoms in total. The van der Waals surface area contributed by atoms with Crippen LogP contribution >= 0.6 is 15.9 Å². The van der Waals surface area contributed by atoms with E-state index in [1.165, 1.54) is 0 Å². The molecule has 0 unspecified atom stereocenters. The quantitative estimate of drug-likeness (QED) is 0.872. The van der Waals surface area contributed by atoms with Crippen molar-refractivity contribution in [1.29, 1.82) is 0 Å². The average molecular weight is 349 g/mol. The van der Waals surface area contributed by atoms with Gasteiger partial charge in [-0.3, -0.25) is 4.79 Å². The maximum Gasteiger partial charge on any atom is 0.228 e. The first-order valence-electron chi connectivity index (χ1n) is 6.54. The summed E-state index contributed by atoms with van der Waals surface area (Å²) < 4.78 is 6.05. The number of methoxy groups -OCH3 is 1. The summed E-state index contributed by atoms with van der Waals surface area (Å²) in [6, 6.07) is 13.1. The van der Waals surface area contributed by atoms with E-state index in [0.717, 1.165) is 15.6 Å². The lowest BCUT2D eigenvalue weighted by atomic mass is 10.0. The molecule has 5 heteroatoms. The first kappa shape index (κ1) is 15.5. The lowest BCUT2D eigenvalue weighted by molar-refractivity contribution is -0.115. The van der Waals surface area contributed by atoms with Crippen LogP contribution in [0.1, 0.15) is 11.1 Å². The van der Waals surface area contributed by atoms with Gasteiger partial charge in [-0.25, -0.2) is 0 Å². The highest BCUT2D eigenvalue weighted by atomic mass is 79.9. The number of benzene rings is 2. The van der Waals surface area contributed by atoms with Gasteiger partial charge in [-0.2, -0.15) is 0 Å². The summed E-state index contributed by atoms with van der Waals surface area (Å²) in [5, 5.41) is 2.86. The molecule has 0 heterocycles. The Morgan fingerprint density at radius 2 is 1.95 bits per heavy atom. The van der Waals surface area contributed by atoms with Crippen LogP contribution in [0, 0.1) is 0 Å². The van der Waals surface area contributed by atoms with E-state index in [2.05, 4.69) is 21.2 Å². The molecule has 0 saturated carbocycles. The molecule has 0 aliphatic carbocycles. The van der Waals surface area contributed by atoms with Gasteiger partial charge in [-0.05, 0) is 39.2 Å². The summed E-state index contributed by atoms with van der Waals surface area (Å²) in [5.41, 5.74) is 8.31. The number of amides is 1. The maximum absolute atomic E-state index is 12.1. The predicted molar refractivity (Wildman–Crippen MR) is 87.4 cm³/mol. The fourth-order valence-electron chi connectivity index (χ4n) is 2.04. The lowest BCUT2D eigenvalue weighted by Crippen LogP contribution is -2.16. The SMILES string of the molecule is COc1cc(NC(=O)Cc2ccccc2CN)ccc1Br. The Kier molecular flexibility index (Phi) is 5.36. The third-order valence-electron chi connectivity index (χ3n) is 3.12. The average Bonchev–Trinajstić information content (AvgIpc) is 2.49. The third-order valence-corrected chi connectivity index (χ3v) is 3.78. The van der Waals surface area contributed by atoms with Crippen molar-refractivity contribution in [2.24, 2.45) is 5.73 Å². The second kappa shape index (κ2) is 7.24. The van der Waals surface area contributed by atoms with Crippen molar-refractivity contribution in [2.75, 3.05) is 12.4 Å². The number of carbonyl (C=O) groups is 1. The zero-order valence-corrected chi connectivity index (χ0v) is 13.3. The number of carbonyl (C=O) groups excluding carboxylic acids is 1. The Labute approximate surface area is 132 Å². The van der Waals surface area contributed by atoms with Crippen LogP contribution in [0.25, 0.3) is 0 Å². The molecule has 0 radical (unpaired) electrons. The van der Waals surface area contributed by atoms with Gasteiger partial charge in [0.25, 0.3) is 0 Å². The van der Waals surface area contributed by atoms with Crippen LogP contribution in [0.2, 0.25) is 0 Å². The highest BCUT2D eigenvalue weighted by molar-refractivity contribution is 9.10. The smallest absolute Gasteiger partial charge is 0.228 e. The van der Waals surface area contributed by atoms with Crippen LogP contribution in [0.4, 0.5) is 5.69 Å². The van der Waals surface area contributed by atoms with E-state index >= 15 is 0 Å². The van der Waals surface area contributed by atoms with Gasteiger partial charge >= 0.3 is 0 Å². The number of anilines is 1. The molecule has 0 atom stereocenters. The van der Waals surface area contributed by atoms with Gasteiger partial charge in [0.05, 0.1) is 18.0 Å². The Hall–Kier alpha value is -1.85. The summed E-state index contributed by atoms with van der Waals surface area (Å²) in [5.74, 6) is 0.593. The summed E-state index contributed by atoms with van der Waals surface area (Å²) in [6.07, 6.45) is 0.297. The maximum atomic E-state index is 12.1. The standard InChI is InChI=1S/C16H17BrN2O2/c1-21-15-9-13(6-7-14(15)17)19-16(20)8-11-4-2-3-5-12(11)10-18/h2-7,9H,8,10,18H2,1H3,(H,19,20). The molecular weight excluding hydrogens is 332 g/mol. The van der Waals surface area contributed by atoms with Gasteiger partial charge in [0.15, 0.2) is 0 Å². The number of ether oxygens (including phenoxy) is 1. The molecular formula is C16H17BrN2O2. The minimum atomic E-state index is -0.0831. The molecule has 0 aliphatic rings. The van der Waals surface area contributed by atoms with Crippen LogP contribution in [0.3, 0.4) is 0 Å². The number of halogens is 1. The van der Waals surface area contributed by atoms with Gasteiger partial charge in [0.1, 0.15) is 5.75 Å². The number of rotatable bonds is 5. The van der Waals surface area contributed by atoms with Crippen LogP contribution in [-0.4, -0.2) is 13.0 Å². The molecule has 0 spiro atoms. The molecule has 21 heavy (non-hydrogen) atoms. The largest absolute Gasteiger partial charge is 0.495 e. The molecule has 0 saturated heterocycles. The van der Waals surface area contributed by atoms with E-state index in [1.807, 2.05) is 36.4 Å². The zero-order valence-electron chi connectivity index (χ0n) is 11.7. The molecule has 2 rings (SSSR count). The summed E-state index contributed by atoms with van der Waals surface area (Å²) in [4.78, 5) is 12.1. The molecule has 0 aromatic heterocycles. The van der Waals surface area contributed by atoms with Gasteiger partial charge in [-0.15, -0.1) is 0 Å². The molecule has 3 N–H and O–H groups in total. The predicted octanol–water partition coefficient (Wildman–Crippen LogP) is 3.10. The van der Waals surface area contributed by atoms with E-state index in [1.54, 1.807) is 13.2 Å². The minimum Gasteiger partial charge on any atom is -0.495 e. The van der Waals surface area contributed by atoms with Crippen LogP contribution in [-0.2, 0) is 17.8 Å². The van der Waals surface area contributed by atoms with E-state index in [-0.39, 0.29) is 5.91 Å². The molecule has 0 aliphatic heterocycles. The van der Waals surface area contributed by atoms with E-state index in [9.17, 15) is 4.79 Å². The first-order valence-corrected chi connectivity index (χ1v) is 7.33. The van der Waals surface area contributed by atoms with E-state index in [0.29, 0.717) is 24.4 Å². The Morgan fingerprint density at radius 3 is 2.62 bits per heavy atom. The fraction of sp³-hybridized carbons (Fsp3) is 0.188. The van der Waals surface area contributed by atoms with E-state index in [4.69, 9.17) is 10.5 Å². The second-order valence-electron chi connectivity index (χ2n) is 4.55. The van der Waals surface area contributed by atoms with Crippen molar-refractivity contribution in [1.82, 2.24) is 0 Å². The number of hydrogen-bond donors (Lipinski definition) is 2. The van der Waals surface area contributed by atoms with Crippen molar-refractivity contribution in [2.45, 2.75) is 13.0 Å².